The van der Waals surface area contributed by atoms with E-state index in [0.717, 1.165) is 0 Å². The van der Waals surface area contributed by atoms with E-state index in [4.69, 9.17) is 9.26 Å². The highest BCUT2D eigenvalue weighted by atomic mass is 31.2. The zero-order valence-corrected chi connectivity index (χ0v) is 20.1. The van der Waals surface area contributed by atoms with Crippen molar-refractivity contribution < 1.29 is 34.0 Å². The van der Waals surface area contributed by atoms with Gasteiger partial charge in [0.1, 0.15) is 12.2 Å². The summed E-state index contributed by atoms with van der Waals surface area (Å²) in [5.74, 6) is 0. The number of ether oxygens (including phenoxy) is 1. The van der Waals surface area contributed by atoms with Crippen LogP contribution in [-0.2, 0) is 13.8 Å². The molecule has 0 saturated carbocycles. The smallest absolute Gasteiger partial charge is 0.359 e. The highest BCUT2D eigenvalue weighted by molar-refractivity contribution is 7.54. The van der Waals surface area contributed by atoms with Crippen molar-refractivity contribution in [1.82, 2.24) is 19.5 Å². The van der Waals surface area contributed by atoms with Gasteiger partial charge in [0.2, 0.25) is 0 Å². The van der Waals surface area contributed by atoms with E-state index < -0.39 is 48.6 Å². The van der Waals surface area contributed by atoms with Crippen LogP contribution < -0.4 is 5.56 Å². The molecule has 0 spiro atoms. The topological polar surface area (TPSA) is 180 Å². The van der Waals surface area contributed by atoms with Crippen molar-refractivity contribution in [2.45, 2.75) is 95.3 Å². The van der Waals surface area contributed by atoms with Crippen LogP contribution in [0.5, 0.6) is 0 Å². The summed E-state index contributed by atoms with van der Waals surface area (Å²) >= 11 is 0. The van der Waals surface area contributed by atoms with Crippen molar-refractivity contribution in [1.29, 1.82) is 0 Å². The number of H-pyrrole nitrogens is 1. The molecule has 1 fully saturated rings. The lowest BCUT2D eigenvalue weighted by atomic mass is 9.88. The molecule has 2 aromatic heterocycles. The SMILES string of the molecule is CCC(CC)(CC1OC(n2cnc3c(=O)[nH]cnc32)C(O)C1O)OP(=O)(O)C(O)(CC)CC. The molecule has 0 amide bonds. The van der Waals surface area contributed by atoms with Crippen LogP contribution in [-0.4, -0.2) is 69.0 Å². The summed E-state index contributed by atoms with van der Waals surface area (Å²) in [6.07, 6.45) is -1.60. The molecule has 3 heterocycles. The Kier molecular flexibility index (Phi) is 7.50. The molecular formula is C20H33N4O8P. The van der Waals surface area contributed by atoms with Gasteiger partial charge in [0.25, 0.3) is 5.56 Å². The molecule has 0 bridgehead atoms. The minimum Gasteiger partial charge on any atom is -0.388 e. The molecule has 2 aromatic rings. The van der Waals surface area contributed by atoms with Crippen LogP contribution in [0.25, 0.3) is 11.2 Å². The Morgan fingerprint density at radius 2 is 1.79 bits per heavy atom. The number of aliphatic hydroxyl groups is 3. The third-order valence-corrected chi connectivity index (χ3v) is 9.13. The van der Waals surface area contributed by atoms with Gasteiger partial charge in [-0.1, -0.05) is 27.7 Å². The molecule has 0 aromatic carbocycles. The van der Waals surface area contributed by atoms with E-state index in [2.05, 4.69) is 15.0 Å². The van der Waals surface area contributed by atoms with Gasteiger partial charge in [-0.05, 0) is 25.7 Å². The first-order valence-electron chi connectivity index (χ1n) is 11.2. The van der Waals surface area contributed by atoms with Gasteiger partial charge in [-0.15, -0.1) is 0 Å². The third kappa shape index (κ3) is 4.53. The molecule has 1 aliphatic heterocycles. The number of nitrogens with zero attached hydrogens (tertiary/aromatic N) is 3. The minimum absolute atomic E-state index is 0.0105. The van der Waals surface area contributed by atoms with E-state index in [-0.39, 0.29) is 30.4 Å². The summed E-state index contributed by atoms with van der Waals surface area (Å²) in [6.45, 7) is 6.76. The van der Waals surface area contributed by atoms with Crippen molar-refractivity contribution >= 4 is 18.8 Å². The molecular weight excluding hydrogens is 455 g/mol. The number of imidazole rings is 1. The molecule has 0 radical (unpaired) electrons. The quantitative estimate of drug-likeness (QED) is 0.307. The average Bonchev–Trinajstić information content (AvgIpc) is 3.35. The van der Waals surface area contributed by atoms with Crippen LogP contribution in [0.3, 0.4) is 0 Å². The lowest BCUT2D eigenvalue weighted by Gasteiger charge is -2.40. The Morgan fingerprint density at radius 3 is 2.36 bits per heavy atom. The van der Waals surface area contributed by atoms with Crippen LogP contribution in [0.1, 0.15) is 66.0 Å². The monoisotopic (exact) mass is 488 g/mol. The Morgan fingerprint density at radius 1 is 1.15 bits per heavy atom. The molecule has 5 atom stereocenters. The maximum atomic E-state index is 13.1. The number of aromatic nitrogens is 4. The highest BCUT2D eigenvalue weighted by Crippen LogP contribution is 2.61. The van der Waals surface area contributed by atoms with Crippen molar-refractivity contribution in [2.24, 2.45) is 0 Å². The van der Waals surface area contributed by atoms with Gasteiger partial charge < -0.3 is 29.9 Å². The van der Waals surface area contributed by atoms with Crippen molar-refractivity contribution in [3.8, 4) is 0 Å². The van der Waals surface area contributed by atoms with Crippen molar-refractivity contribution in [3.05, 3.63) is 23.0 Å². The minimum atomic E-state index is -4.47. The molecule has 1 saturated heterocycles. The second-order valence-electron chi connectivity index (χ2n) is 8.50. The molecule has 0 aliphatic carbocycles. The number of hydrogen-bond acceptors (Lipinski definition) is 9. The van der Waals surface area contributed by atoms with Crippen LogP contribution in [0.15, 0.2) is 17.4 Å². The largest absolute Gasteiger partial charge is 0.388 e. The van der Waals surface area contributed by atoms with Crippen LogP contribution >= 0.6 is 7.60 Å². The van der Waals surface area contributed by atoms with E-state index in [1.54, 1.807) is 27.7 Å². The van der Waals surface area contributed by atoms with Gasteiger partial charge in [-0.25, -0.2) is 9.97 Å². The van der Waals surface area contributed by atoms with E-state index in [9.17, 15) is 29.6 Å². The molecule has 1 aliphatic rings. The van der Waals surface area contributed by atoms with Crippen LogP contribution in [0.4, 0.5) is 0 Å². The maximum absolute atomic E-state index is 13.1. The van der Waals surface area contributed by atoms with Gasteiger partial charge in [-0.3, -0.25) is 18.5 Å². The summed E-state index contributed by atoms with van der Waals surface area (Å²) < 4.78 is 26.1. The van der Waals surface area contributed by atoms with E-state index in [1.807, 2.05) is 0 Å². The predicted octanol–water partition coefficient (Wildman–Crippen LogP) is 1.40. The lowest BCUT2D eigenvalue weighted by Crippen LogP contribution is -2.42. The van der Waals surface area contributed by atoms with Gasteiger partial charge in [0.05, 0.1) is 24.4 Å². The zero-order valence-electron chi connectivity index (χ0n) is 19.2. The normalized spacial score (nSPS) is 26.1. The van der Waals surface area contributed by atoms with E-state index in [1.165, 1.54) is 17.2 Å². The summed E-state index contributed by atoms with van der Waals surface area (Å²) in [4.78, 5) is 33.1. The summed E-state index contributed by atoms with van der Waals surface area (Å²) in [5.41, 5.74) is -1.41. The number of fused-ring (bicyclic) bond motifs is 1. The van der Waals surface area contributed by atoms with Gasteiger partial charge in [0.15, 0.2) is 22.7 Å². The molecule has 186 valence electrons. The number of aliphatic hydroxyl groups excluding tert-OH is 2. The average molecular weight is 488 g/mol. The Labute approximate surface area is 191 Å². The predicted molar refractivity (Wildman–Crippen MR) is 118 cm³/mol. The molecule has 12 nitrogen and oxygen atoms in total. The fourth-order valence-corrected chi connectivity index (χ4v) is 6.07. The van der Waals surface area contributed by atoms with Gasteiger partial charge in [0, 0.05) is 6.42 Å². The summed E-state index contributed by atoms with van der Waals surface area (Å²) in [7, 11) is -4.47. The number of rotatable bonds is 10. The number of nitrogens with one attached hydrogen (secondary N) is 1. The van der Waals surface area contributed by atoms with Crippen molar-refractivity contribution in [2.75, 3.05) is 0 Å². The van der Waals surface area contributed by atoms with Crippen molar-refractivity contribution in [3.63, 3.8) is 0 Å². The second kappa shape index (κ2) is 9.53. The van der Waals surface area contributed by atoms with Crippen LogP contribution in [0.2, 0.25) is 0 Å². The Hall–Kier alpha value is -1.66. The third-order valence-electron chi connectivity index (χ3n) is 6.81. The molecule has 5 unspecified atom stereocenters. The first-order valence-corrected chi connectivity index (χ1v) is 12.7. The Balaban J connectivity index is 1.88. The van der Waals surface area contributed by atoms with Gasteiger partial charge in [-0.2, -0.15) is 0 Å². The fraction of sp³-hybridized carbons (Fsp3) is 0.750. The second-order valence-corrected chi connectivity index (χ2v) is 10.6. The Bertz CT molecular complexity index is 1060. The summed E-state index contributed by atoms with van der Waals surface area (Å²) in [6, 6.07) is 0. The van der Waals surface area contributed by atoms with E-state index >= 15 is 0 Å². The number of aromatic amines is 1. The molecule has 13 heteroatoms. The fourth-order valence-electron chi connectivity index (χ4n) is 4.25. The van der Waals surface area contributed by atoms with Gasteiger partial charge >= 0.3 is 7.60 Å². The zero-order chi connectivity index (χ0) is 24.6. The standard InChI is InChI=1S/C20H33N4O8P/c1-5-19(6-2,32-33(29,30)20(28,7-3)8-4)9-12-14(25)15(26)18(31-12)24-11-23-13-16(24)21-10-22-17(13)27/h10-12,14-15,18,25-26,28H,5-9H2,1-4H3,(H,29,30)(H,21,22,27). The van der Waals surface area contributed by atoms with E-state index in [0.29, 0.717) is 12.8 Å². The summed E-state index contributed by atoms with van der Waals surface area (Å²) in [5, 5.41) is 30.2. The molecule has 3 rings (SSSR count). The number of hydrogen-bond donors (Lipinski definition) is 5. The molecule has 5 N–H and O–H groups in total. The van der Waals surface area contributed by atoms with Crippen LogP contribution in [0, 0.1) is 0 Å². The maximum Gasteiger partial charge on any atom is 0.359 e. The lowest BCUT2D eigenvalue weighted by molar-refractivity contribution is -0.0761. The first-order chi connectivity index (χ1) is 15.5. The first kappa shape index (κ1) is 26.0. The molecule has 33 heavy (non-hydrogen) atoms. The highest BCUT2D eigenvalue weighted by Gasteiger charge is 2.52.